The normalized spacial score (nSPS) is 22.1. The SMILES string of the molecule is CC1=CC=CC2N=C(c3cc(-c4ccncc4)n[nH]c3=O)NC12. The molecule has 0 spiro atoms. The minimum absolute atomic E-state index is 0.0342. The molecule has 0 bridgehead atoms. The van der Waals surface area contributed by atoms with E-state index in [0.29, 0.717) is 17.1 Å². The van der Waals surface area contributed by atoms with Gasteiger partial charge in [0, 0.05) is 18.0 Å². The molecule has 0 aromatic carbocycles. The van der Waals surface area contributed by atoms with Crippen molar-refractivity contribution in [3.63, 3.8) is 0 Å². The van der Waals surface area contributed by atoms with E-state index in [0.717, 1.165) is 5.56 Å². The van der Waals surface area contributed by atoms with Gasteiger partial charge < -0.3 is 5.32 Å². The molecule has 2 aromatic rings. The first-order chi connectivity index (χ1) is 11.2. The van der Waals surface area contributed by atoms with Crippen LogP contribution in [0, 0.1) is 0 Å². The first kappa shape index (κ1) is 13.6. The molecule has 1 aliphatic heterocycles. The summed E-state index contributed by atoms with van der Waals surface area (Å²) in [6, 6.07) is 5.62. The molecular weight excluding hydrogens is 290 g/mol. The number of aromatic amines is 1. The molecule has 0 fully saturated rings. The zero-order chi connectivity index (χ0) is 15.8. The van der Waals surface area contributed by atoms with Crippen LogP contribution in [0.15, 0.2) is 64.2 Å². The van der Waals surface area contributed by atoms with Crippen LogP contribution in [0.4, 0.5) is 0 Å². The maximum atomic E-state index is 12.2. The van der Waals surface area contributed by atoms with Crippen molar-refractivity contribution in [3.05, 3.63) is 70.3 Å². The van der Waals surface area contributed by atoms with Gasteiger partial charge in [-0.3, -0.25) is 14.8 Å². The number of fused-ring (bicyclic) bond motifs is 1. The number of hydrogen-bond donors (Lipinski definition) is 2. The topological polar surface area (TPSA) is 83.0 Å². The molecule has 6 heteroatoms. The highest BCUT2D eigenvalue weighted by Gasteiger charge is 2.30. The number of aromatic nitrogens is 3. The maximum Gasteiger partial charge on any atom is 0.275 e. The summed E-state index contributed by atoms with van der Waals surface area (Å²) in [7, 11) is 0. The second kappa shape index (κ2) is 5.31. The van der Waals surface area contributed by atoms with Crippen LogP contribution in [-0.4, -0.2) is 33.1 Å². The van der Waals surface area contributed by atoms with E-state index >= 15 is 0 Å². The number of rotatable bonds is 2. The van der Waals surface area contributed by atoms with Crippen LogP contribution >= 0.6 is 0 Å². The fourth-order valence-electron chi connectivity index (χ4n) is 2.86. The smallest absolute Gasteiger partial charge is 0.275 e. The summed E-state index contributed by atoms with van der Waals surface area (Å²) in [4.78, 5) is 20.8. The number of aliphatic imine (C=N–C) groups is 1. The molecule has 3 heterocycles. The van der Waals surface area contributed by atoms with Crippen LogP contribution in [0.1, 0.15) is 12.5 Å². The number of nitrogens with one attached hydrogen (secondary N) is 2. The van der Waals surface area contributed by atoms with Gasteiger partial charge in [-0.2, -0.15) is 5.10 Å². The summed E-state index contributed by atoms with van der Waals surface area (Å²) in [5.41, 5.74) is 3.03. The lowest BCUT2D eigenvalue weighted by Crippen LogP contribution is -2.38. The molecule has 23 heavy (non-hydrogen) atoms. The highest BCUT2D eigenvalue weighted by atomic mass is 16.1. The van der Waals surface area contributed by atoms with Gasteiger partial charge >= 0.3 is 0 Å². The van der Waals surface area contributed by atoms with Crippen molar-refractivity contribution in [2.24, 2.45) is 4.99 Å². The van der Waals surface area contributed by atoms with Gasteiger partial charge in [-0.1, -0.05) is 18.2 Å². The third-order valence-electron chi connectivity index (χ3n) is 4.10. The zero-order valence-electron chi connectivity index (χ0n) is 12.5. The molecular formula is C17H15N5O. The van der Waals surface area contributed by atoms with E-state index in [2.05, 4.69) is 38.5 Å². The fourth-order valence-corrected chi connectivity index (χ4v) is 2.86. The average molecular weight is 305 g/mol. The quantitative estimate of drug-likeness (QED) is 0.879. The second-order valence-electron chi connectivity index (χ2n) is 5.62. The third-order valence-corrected chi connectivity index (χ3v) is 4.10. The Morgan fingerprint density at radius 3 is 2.83 bits per heavy atom. The predicted octanol–water partition coefficient (Wildman–Crippen LogP) is 1.43. The molecule has 1 aliphatic carbocycles. The minimum atomic E-state index is -0.252. The van der Waals surface area contributed by atoms with Gasteiger partial charge in [-0.25, -0.2) is 5.10 Å². The van der Waals surface area contributed by atoms with Crippen LogP contribution in [-0.2, 0) is 0 Å². The Kier molecular flexibility index (Phi) is 3.15. The molecule has 0 radical (unpaired) electrons. The van der Waals surface area contributed by atoms with E-state index in [9.17, 15) is 4.79 Å². The van der Waals surface area contributed by atoms with Crippen molar-refractivity contribution < 1.29 is 0 Å². The van der Waals surface area contributed by atoms with Crippen molar-refractivity contribution in [3.8, 4) is 11.3 Å². The zero-order valence-corrected chi connectivity index (χ0v) is 12.5. The van der Waals surface area contributed by atoms with Crippen molar-refractivity contribution in [2.45, 2.75) is 19.0 Å². The van der Waals surface area contributed by atoms with E-state index in [-0.39, 0.29) is 17.6 Å². The predicted molar refractivity (Wildman–Crippen MR) is 88.2 cm³/mol. The molecule has 0 saturated carbocycles. The Labute approximate surface area is 132 Å². The fraction of sp³-hybridized carbons (Fsp3) is 0.176. The summed E-state index contributed by atoms with van der Waals surface area (Å²) >= 11 is 0. The number of amidine groups is 1. The lowest BCUT2D eigenvalue weighted by Gasteiger charge is -2.19. The van der Waals surface area contributed by atoms with Crippen LogP contribution in [0.3, 0.4) is 0 Å². The lowest BCUT2D eigenvalue weighted by molar-refractivity contribution is 0.659. The van der Waals surface area contributed by atoms with Gasteiger partial charge in [0.1, 0.15) is 5.84 Å². The Morgan fingerprint density at radius 1 is 1.22 bits per heavy atom. The van der Waals surface area contributed by atoms with Crippen molar-refractivity contribution in [1.82, 2.24) is 20.5 Å². The van der Waals surface area contributed by atoms with E-state index in [1.54, 1.807) is 18.5 Å². The molecule has 4 rings (SSSR count). The second-order valence-corrected chi connectivity index (χ2v) is 5.62. The van der Waals surface area contributed by atoms with E-state index < -0.39 is 0 Å². The minimum Gasteiger partial charge on any atom is -0.361 e. The van der Waals surface area contributed by atoms with Crippen LogP contribution in [0.2, 0.25) is 0 Å². The van der Waals surface area contributed by atoms with Gasteiger partial charge in [0.15, 0.2) is 0 Å². The molecule has 114 valence electrons. The summed E-state index contributed by atoms with van der Waals surface area (Å²) in [6.07, 6.45) is 9.49. The van der Waals surface area contributed by atoms with Gasteiger partial charge in [0.2, 0.25) is 0 Å². The molecule has 2 unspecified atom stereocenters. The molecule has 2 N–H and O–H groups in total. The highest BCUT2D eigenvalue weighted by Crippen LogP contribution is 2.22. The van der Waals surface area contributed by atoms with Gasteiger partial charge in [-0.05, 0) is 30.7 Å². The molecule has 2 atom stereocenters. The number of hydrogen-bond acceptors (Lipinski definition) is 5. The summed E-state index contributed by atoms with van der Waals surface area (Å²) in [5.74, 6) is 0.609. The average Bonchev–Trinajstić information content (AvgIpc) is 3.01. The largest absolute Gasteiger partial charge is 0.361 e. The maximum absolute atomic E-state index is 12.2. The Morgan fingerprint density at radius 2 is 2.04 bits per heavy atom. The molecule has 6 nitrogen and oxygen atoms in total. The summed E-state index contributed by atoms with van der Waals surface area (Å²) in [5, 5.41) is 10.0. The standard InChI is InChI=1S/C17H15N5O/c1-10-3-2-4-13-15(10)20-16(19-13)12-9-14(21-22-17(12)23)11-5-7-18-8-6-11/h2-9,13,15H,1H3,(H,19,20)(H,22,23). The van der Waals surface area contributed by atoms with Crippen molar-refractivity contribution in [2.75, 3.05) is 0 Å². The van der Waals surface area contributed by atoms with Crippen molar-refractivity contribution >= 4 is 5.84 Å². The molecule has 2 aliphatic rings. The lowest BCUT2D eigenvalue weighted by atomic mass is 9.97. The Balaban J connectivity index is 1.74. The van der Waals surface area contributed by atoms with Gasteiger partial charge in [-0.15, -0.1) is 0 Å². The first-order valence-corrected chi connectivity index (χ1v) is 7.42. The van der Waals surface area contributed by atoms with E-state index in [1.165, 1.54) is 5.57 Å². The monoisotopic (exact) mass is 305 g/mol. The molecule has 2 aromatic heterocycles. The van der Waals surface area contributed by atoms with Gasteiger partial charge in [0.05, 0.1) is 23.3 Å². The van der Waals surface area contributed by atoms with Crippen LogP contribution in [0.25, 0.3) is 11.3 Å². The first-order valence-electron chi connectivity index (χ1n) is 7.42. The van der Waals surface area contributed by atoms with Crippen LogP contribution in [0.5, 0.6) is 0 Å². The van der Waals surface area contributed by atoms with E-state index in [1.807, 2.05) is 24.3 Å². The third kappa shape index (κ3) is 2.38. The summed E-state index contributed by atoms with van der Waals surface area (Å²) < 4.78 is 0. The number of H-pyrrole nitrogens is 1. The van der Waals surface area contributed by atoms with E-state index in [4.69, 9.17) is 0 Å². The number of pyridine rings is 1. The highest BCUT2D eigenvalue weighted by molar-refractivity contribution is 6.01. The molecule has 0 amide bonds. The van der Waals surface area contributed by atoms with Crippen LogP contribution < -0.4 is 10.9 Å². The Bertz CT molecular complexity index is 895. The number of nitrogens with zero attached hydrogens (tertiary/aromatic N) is 3. The summed E-state index contributed by atoms with van der Waals surface area (Å²) in [6.45, 7) is 2.06. The van der Waals surface area contributed by atoms with Gasteiger partial charge in [0.25, 0.3) is 5.56 Å². The Hall–Kier alpha value is -3.02. The number of allylic oxidation sites excluding steroid dienone is 2. The molecule has 0 saturated heterocycles. The van der Waals surface area contributed by atoms with Crippen molar-refractivity contribution in [1.29, 1.82) is 0 Å².